The Hall–Kier alpha value is 2.12. The zero-order valence-corrected chi connectivity index (χ0v) is 25.5. The summed E-state index contributed by atoms with van der Waals surface area (Å²) in [7, 11) is 0. The molecule has 2 radical (unpaired) electrons. The third kappa shape index (κ3) is 161. The van der Waals surface area contributed by atoms with Crippen molar-refractivity contribution in [2.24, 2.45) is 11.5 Å². The van der Waals surface area contributed by atoms with Crippen molar-refractivity contribution in [2.75, 3.05) is 52.4 Å². The standard InChI is InChI=1S/C10H16N2O8.C2H8N2.4C2H4O2.2Ca.4Na.6H/c13-7(14)3-11(4-8(15)16)1-2-12(5-9(17)18)6-10(19)20;3-1-2-4;4*1-2(3)4;;;;;;;;;;;;/h1-6H2,(H,13,14)(H,15,16)(H,17,18)(H,19,20);1-4H2;4*1H3,(H,3,4);;;;;;;;;;;;. The van der Waals surface area contributed by atoms with Crippen molar-refractivity contribution in [3.8, 4) is 0 Å². The molecule has 0 atom stereocenters. The van der Waals surface area contributed by atoms with Gasteiger partial charge in [0, 0.05) is 91.6 Å². The number of aliphatic carboxylic acids is 8. The van der Waals surface area contributed by atoms with Crippen LogP contribution in [0.25, 0.3) is 0 Å². The normalized spacial score (nSPS) is 7.48. The number of nitrogens with zero attached hydrogens (tertiary/aromatic N) is 2. The van der Waals surface area contributed by atoms with E-state index in [1.165, 1.54) is 0 Å². The van der Waals surface area contributed by atoms with Crippen LogP contribution in [0.5, 0.6) is 0 Å². The molecule has 0 aliphatic carbocycles. The molecule has 0 aliphatic heterocycles. The summed E-state index contributed by atoms with van der Waals surface area (Å²) >= 11 is 0. The fraction of sp³-hybridized carbons (Fsp3) is 0.600. The number of hydrogen-bond donors (Lipinski definition) is 10. The van der Waals surface area contributed by atoms with Gasteiger partial charge in [0.2, 0.25) is 0 Å². The molecule has 0 spiro atoms. The van der Waals surface area contributed by atoms with E-state index in [2.05, 4.69) is 0 Å². The van der Waals surface area contributed by atoms with Gasteiger partial charge in [-0.1, -0.05) is 0 Å². The first-order valence-corrected chi connectivity index (χ1v) is 10.5. The molecule has 0 aromatic carbocycles. The van der Waals surface area contributed by atoms with Crippen molar-refractivity contribution >= 4 is 241 Å². The molecule has 0 aliphatic rings. The van der Waals surface area contributed by atoms with Crippen LogP contribution in [0.4, 0.5) is 0 Å². The monoisotopic (exact) mass is 770 g/mol. The van der Waals surface area contributed by atoms with Crippen LogP contribution >= 0.6 is 0 Å². The van der Waals surface area contributed by atoms with Crippen LogP contribution < -0.4 is 11.5 Å². The van der Waals surface area contributed by atoms with E-state index in [0.717, 1.165) is 37.5 Å². The van der Waals surface area contributed by atoms with E-state index in [0.29, 0.717) is 13.1 Å². The predicted molar refractivity (Wildman–Crippen MR) is 178 cm³/mol. The van der Waals surface area contributed by atoms with E-state index < -0.39 is 73.9 Å². The Bertz CT molecular complexity index is 658. The van der Waals surface area contributed by atoms with Gasteiger partial charge in [0.05, 0.1) is 26.2 Å². The van der Waals surface area contributed by atoms with Gasteiger partial charge in [0.1, 0.15) is 0 Å². The maximum atomic E-state index is 10.6. The summed E-state index contributed by atoms with van der Waals surface area (Å²) in [6.45, 7) is 3.28. The minimum atomic E-state index is -1.23. The van der Waals surface area contributed by atoms with Crippen molar-refractivity contribution in [2.45, 2.75) is 27.7 Å². The molecule has 12 N–H and O–H groups in total. The van der Waals surface area contributed by atoms with Crippen molar-refractivity contribution in [1.29, 1.82) is 0 Å². The molecule has 0 bridgehead atoms. The van der Waals surface area contributed by atoms with Gasteiger partial charge in [-0.2, -0.15) is 0 Å². The Balaban J connectivity index is -0.0000000370. The molecule has 0 aromatic rings. The number of hydrogen-bond acceptors (Lipinski definition) is 12. The van der Waals surface area contributed by atoms with E-state index in [9.17, 15) is 19.2 Å². The number of carboxylic acids is 8. The second kappa shape index (κ2) is 62.3. The first-order valence-electron chi connectivity index (χ1n) is 10.5. The zero-order valence-electron chi connectivity index (χ0n) is 23.3. The Kier molecular flexibility index (Phi) is 111. The van der Waals surface area contributed by atoms with Crippen molar-refractivity contribution < 1.29 is 79.2 Å². The molecule has 0 heterocycles. The molecular formula is C20H46Ca2N4Na4O16. The first kappa shape index (κ1) is 81.9. The Morgan fingerprint density at radius 3 is 0.609 bits per heavy atom. The zero-order chi connectivity index (χ0) is 33.4. The number of nitrogens with two attached hydrogens (primary N) is 2. The number of carboxylic acid groups (broad SMARTS) is 8. The first-order chi connectivity index (χ1) is 18.0. The Labute approximate surface area is 414 Å². The molecule has 0 saturated heterocycles. The molecule has 0 amide bonds. The molecule has 0 rings (SSSR count). The SMILES string of the molecule is CC(=O)O.CC(=O)O.CC(=O)O.CC(=O)O.NCCN.O=C(O)CN(CCN(CC(=O)O)CC(=O)O)CC(=O)O.[CaH2].[Ca].[NaH].[NaH].[NaH].[NaH]. The molecule has 0 saturated carbocycles. The van der Waals surface area contributed by atoms with Gasteiger partial charge in [0.25, 0.3) is 23.9 Å². The summed E-state index contributed by atoms with van der Waals surface area (Å²) in [6, 6.07) is 0. The summed E-state index contributed by atoms with van der Waals surface area (Å²) in [6.07, 6.45) is 0. The summed E-state index contributed by atoms with van der Waals surface area (Å²) in [5.41, 5.74) is 9.81. The van der Waals surface area contributed by atoms with Crippen molar-refractivity contribution in [3.63, 3.8) is 0 Å². The van der Waals surface area contributed by atoms with Crippen molar-refractivity contribution in [3.05, 3.63) is 0 Å². The van der Waals surface area contributed by atoms with Crippen LogP contribution in [0.3, 0.4) is 0 Å². The van der Waals surface area contributed by atoms with Crippen LogP contribution in [0.15, 0.2) is 0 Å². The average molecular weight is 771 g/mol. The number of carbonyl (C=O) groups is 8. The predicted octanol–water partition coefficient (Wildman–Crippen LogP) is -6.69. The Morgan fingerprint density at radius 2 is 0.543 bits per heavy atom. The topological polar surface area (TPSA) is 357 Å². The van der Waals surface area contributed by atoms with Crippen LogP contribution in [0.1, 0.15) is 27.7 Å². The van der Waals surface area contributed by atoms with Crippen LogP contribution in [0.2, 0.25) is 0 Å². The number of rotatable bonds is 12. The molecular weight excluding hydrogens is 724 g/mol. The minimum absolute atomic E-state index is 0. The maximum absolute atomic E-state index is 10.6. The second-order valence-corrected chi connectivity index (χ2v) is 6.65. The van der Waals surface area contributed by atoms with E-state index in [1.807, 2.05) is 0 Å². The van der Waals surface area contributed by atoms with Gasteiger partial charge < -0.3 is 52.3 Å². The molecule has 250 valence electrons. The molecule has 46 heavy (non-hydrogen) atoms. The summed E-state index contributed by atoms with van der Waals surface area (Å²) < 4.78 is 0. The van der Waals surface area contributed by atoms with Gasteiger partial charge in [-0.15, -0.1) is 0 Å². The van der Waals surface area contributed by atoms with E-state index in [1.54, 1.807) is 0 Å². The van der Waals surface area contributed by atoms with E-state index >= 15 is 0 Å². The van der Waals surface area contributed by atoms with Gasteiger partial charge in [-0.3, -0.25) is 48.2 Å². The Morgan fingerprint density at radius 1 is 0.435 bits per heavy atom. The van der Waals surface area contributed by atoms with Crippen molar-refractivity contribution in [1.82, 2.24) is 9.80 Å². The van der Waals surface area contributed by atoms with E-state index in [4.69, 9.17) is 71.5 Å². The van der Waals surface area contributed by atoms with Gasteiger partial charge in [0.15, 0.2) is 0 Å². The van der Waals surface area contributed by atoms with Crippen LogP contribution in [-0.2, 0) is 38.4 Å². The fourth-order valence-electron chi connectivity index (χ4n) is 1.48. The molecule has 0 unspecified atom stereocenters. The summed E-state index contributed by atoms with van der Waals surface area (Å²) in [4.78, 5) is 80.4. The van der Waals surface area contributed by atoms with Crippen LogP contribution in [0, 0.1) is 0 Å². The third-order valence-corrected chi connectivity index (χ3v) is 2.33. The second-order valence-electron chi connectivity index (χ2n) is 6.65. The fourth-order valence-corrected chi connectivity index (χ4v) is 1.48. The van der Waals surface area contributed by atoms with Gasteiger partial charge in [-0.25, -0.2) is 0 Å². The van der Waals surface area contributed by atoms with Gasteiger partial charge in [-0.05, 0) is 0 Å². The van der Waals surface area contributed by atoms with Gasteiger partial charge >= 0.3 is 180 Å². The molecule has 0 fully saturated rings. The molecule has 0 aromatic heterocycles. The van der Waals surface area contributed by atoms with Crippen LogP contribution in [-0.4, -0.2) is 344 Å². The average Bonchev–Trinajstić information content (AvgIpc) is 2.68. The molecule has 26 heteroatoms. The molecule has 20 nitrogen and oxygen atoms in total. The summed E-state index contributed by atoms with van der Waals surface area (Å²) in [5, 5.41) is 64.1. The summed E-state index contributed by atoms with van der Waals surface area (Å²) in [5.74, 6) is -8.24. The van der Waals surface area contributed by atoms with E-state index in [-0.39, 0.29) is 207 Å². The quantitative estimate of drug-likeness (QED) is 0.0824. The third-order valence-electron chi connectivity index (χ3n) is 2.33.